The van der Waals surface area contributed by atoms with Gasteiger partial charge in [-0.3, -0.25) is 4.79 Å². The van der Waals surface area contributed by atoms with Crippen LogP contribution in [0.15, 0.2) is 94.6 Å². The van der Waals surface area contributed by atoms with Crippen molar-refractivity contribution in [1.82, 2.24) is 15.5 Å². The number of benzene rings is 3. The first kappa shape index (κ1) is 23.5. The molecular weight excluding hydrogens is 453 g/mol. The molecule has 8 heteroatoms. The fraction of sp³-hybridized carbons (Fsp3) is 0.192. The lowest BCUT2D eigenvalue weighted by Crippen LogP contribution is -2.31. The van der Waals surface area contributed by atoms with Crippen LogP contribution in [0.3, 0.4) is 0 Å². The molecule has 0 aliphatic rings. The van der Waals surface area contributed by atoms with E-state index >= 15 is 0 Å². The summed E-state index contributed by atoms with van der Waals surface area (Å²) in [5.41, 5.74) is 2.17. The number of amides is 1. The maximum absolute atomic E-state index is 13.8. The van der Waals surface area contributed by atoms with E-state index in [0.29, 0.717) is 6.42 Å². The Balaban J connectivity index is 1.34. The van der Waals surface area contributed by atoms with E-state index in [-0.39, 0.29) is 34.6 Å². The summed E-state index contributed by atoms with van der Waals surface area (Å²) in [5, 5.41) is 11.3. The molecule has 4 aromatic rings. The summed E-state index contributed by atoms with van der Waals surface area (Å²) in [5.74, 6) is -0.194. The molecule has 1 amide bonds. The van der Waals surface area contributed by atoms with Gasteiger partial charge in [0.05, 0.1) is 11.8 Å². The number of para-hydroxylation sites is 1. The lowest BCUT2D eigenvalue weighted by Gasteiger charge is -2.19. The van der Waals surface area contributed by atoms with E-state index in [0.717, 1.165) is 22.9 Å². The third-order valence-corrected chi connectivity index (χ3v) is 5.88. The van der Waals surface area contributed by atoms with Crippen LogP contribution in [0.2, 0.25) is 0 Å². The van der Waals surface area contributed by atoms with Gasteiger partial charge >= 0.3 is 0 Å². The number of thioether (sulfide) groups is 1. The number of halogens is 1. The Kier molecular flexibility index (Phi) is 7.93. The molecule has 4 rings (SSSR count). The van der Waals surface area contributed by atoms with Crippen LogP contribution in [0.5, 0.6) is 5.75 Å². The quantitative estimate of drug-likeness (QED) is 0.302. The second kappa shape index (κ2) is 11.5. The lowest BCUT2D eigenvalue weighted by molar-refractivity contribution is -0.119. The molecule has 1 heterocycles. The molecule has 0 saturated heterocycles. The second-order valence-electron chi connectivity index (χ2n) is 7.61. The van der Waals surface area contributed by atoms with Gasteiger partial charge in [0.15, 0.2) is 17.7 Å². The Labute approximate surface area is 201 Å². The molecule has 6 nitrogen and oxygen atoms in total. The minimum atomic E-state index is -0.638. The van der Waals surface area contributed by atoms with Gasteiger partial charge in [0.2, 0.25) is 5.91 Å². The van der Waals surface area contributed by atoms with Crippen molar-refractivity contribution in [2.24, 2.45) is 0 Å². The molecule has 0 aliphatic carbocycles. The molecule has 1 aromatic heterocycles. The van der Waals surface area contributed by atoms with E-state index in [1.165, 1.54) is 12.1 Å². The molecule has 3 aromatic carbocycles. The molecule has 0 spiro atoms. The standard InChI is InChI=1S/C26H24FN3O3S/c1-18(32-23-15-9-8-14-21(23)27)25-29-30-26(33-25)34-17-24(31)28-22(20-12-6-3-7-13-20)16-19-10-4-2-5-11-19/h2-15,18,22H,16-17H2,1H3,(H,28,31)/t18-,22+/m0/s1. The number of hydrogen-bond donors (Lipinski definition) is 1. The van der Waals surface area contributed by atoms with Gasteiger partial charge < -0.3 is 14.5 Å². The van der Waals surface area contributed by atoms with E-state index in [9.17, 15) is 9.18 Å². The number of carbonyl (C=O) groups is 1. The smallest absolute Gasteiger partial charge is 0.277 e. The summed E-state index contributed by atoms with van der Waals surface area (Å²) in [7, 11) is 0. The van der Waals surface area contributed by atoms with Crippen LogP contribution in [-0.2, 0) is 11.2 Å². The predicted molar refractivity (Wildman–Crippen MR) is 128 cm³/mol. The maximum atomic E-state index is 13.8. The average molecular weight is 478 g/mol. The number of ether oxygens (including phenoxy) is 1. The molecule has 0 bridgehead atoms. The second-order valence-corrected chi connectivity index (χ2v) is 8.53. The van der Waals surface area contributed by atoms with Gasteiger partial charge in [-0.05, 0) is 36.6 Å². The Hall–Kier alpha value is -3.65. The Morgan fingerprint density at radius 2 is 1.68 bits per heavy atom. The van der Waals surface area contributed by atoms with Crippen molar-refractivity contribution in [2.45, 2.75) is 30.7 Å². The van der Waals surface area contributed by atoms with E-state index in [2.05, 4.69) is 15.5 Å². The van der Waals surface area contributed by atoms with Crippen LogP contribution in [0, 0.1) is 5.82 Å². The molecule has 2 atom stereocenters. The maximum Gasteiger partial charge on any atom is 0.277 e. The third-order valence-electron chi connectivity index (χ3n) is 5.06. The van der Waals surface area contributed by atoms with Crippen molar-refractivity contribution >= 4 is 17.7 Å². The Morgan fingerprint density at radius 1 is 1.00 bits per heavy atom. The molecular formula is C26H24FN3O3S. The van der Waals surface area contributed by atoms with E-state index in [1.54, 1.807) is 19.1 Å². The first-order chi connectivity index (χ1) is 16.6. The summed E-state index contributed by atoms with van der Waals surface area (Å²) < 4.78 is 25.0. The molecule has 174 valence electrons. The minimum Gasteiger partial charge on any atom is -0.478 e. The highest BCUT2D eigenvalue weighted by molar-refractivity contribution is 7.99. The van der Waals surface area contributed by atoms with E-state index < -0.39 is 11.9 Å². The molecule has 0 aliphatic heterocycles. The highest BCUT2D eigenvalue weighted by atomic mass is 32.2. The van der Waals surface area contributed by atoms with Crippen molar-refractivity contribution in [3.05, 3.63) is 108 Å². The van der Waals surface area contributed by atoms with Crippen LogP contribution < -0.4 is 10.1 Å². The minimum absolute atomic E-state index is 0.104. The van der Waals surface area contributed by atoms with Crippen LogP contribution >= 0.6 is 11.8 Å². The molecule has 0 fully saturated rings. The van der Waals surface area contributed by atoms with Crippen molar-refractivity contribution in [3.8, 4) is 5.75 Å². The number of nitrogens with zero attached hydrogens (tertiary/aromatic N) is 2. The van der Waals surface area contributed by atoms with Gasteiger partial charge in [0.25, 0.3) is 11.1 Å². The first-order valence-electron chi connectivity index (χ1n) is 10.8. The number of carbonyl (C=O) groups excluding carboxylic acids is 1. The average Bonchev–Trinajstić information content (AvgIpc) is 3.34. The predicted octanol–water partition coefficient (Wildman–Crippen LogP) is 5.54. The van der Waals surface area contributed by atoms with Gasteiger partial charge in [-0.15, -0.1) is 10.2 Å². The zero-order valence-corrected chi connectivity index (χ0v) is 19.4. The fourth-order valence-corrected chi connectivity index (χ4v) is 3.96. The third kappa shape index (κ3) is 6.45. The summed E-state index contributed by atoms with van der Waals surface area (Å²) in [6.45, 7) is 1.69. The Morgan fingerprint density at radius 3 is 2.41 bits per heavy atom. The topological polar surface area (TPSA) is 77.2 Å². The molecule has 0 unspecified atom stereocenters. The molecule has 0 radical (unpaired) electrons. The van der Waals surface area contributed by atoms with E-state index in [1.807, 2.05) is 60.7 Å². The van der Waals surface area contributed by atoms with Crippen molar-refractivity contribution in [1.29, 1.82) is 0 Å². The van der Waals surface area contributed by atoms with Gasteiger partial charge in [-0.2, -0.15) is 0 Å². The summed E-state index contributed by atoms with van der Waals surface area (Å²) >= 11 is 1.14. The van der Waals surface area contributed by atoms with E-state index in [4.69, 9.17) is 9.15 Å². The van der Waals surface area contributed by atoms with Crippen molar-refractivity contribution in [2.75, 3.05) is 5.75 Å². The van der Waals surface area contributed by atoms with Gasteiger partial charge in [0, 0.05) is 0 Å². The van der Waals surface area contributed by atoms with Crippen molar-refractivity contribution in [3.63, 3.8) is 0 Å². The van der Waals surface area contributed by atoms with Crippen molar-refractivity contribution < 1.29 is 18.3 Å². The van der Waals surface area contributed by atoms with Crippen LogP contribution in [0.4, 0.5) is 4.39 Å². The summed E-state index contributed by atoms with van der Waals surface area (Å²) in [6.07, 6.45) is 0.0394. The molecule has 0 saturated carbocycles. The highest BCUT2D eigenvalue weighted by Gasteiger charge is 2.19. The van der Waals surface area contributed by atoms with Gasteiger partial charge in [-0.1, -0.05) is 84.6 Å². The lowest BCUT2D eigenvalue weighted by atomic mass is 9.99. The number of nitrogens with one attached hydrogen (secondary N) is 1. The van der Waals surface area contributed by atoms with Crippen LogP contribution in [0.1, 0.15) is 36.1 Å². The van der Waals surface area contributed by atoms with Gasteiger partial charge in [-0.25, -0.2) is 4.39 Å². The zero-order chi connectivity index (χ0) is 23.8. The van der Waals surface area contributed by atoms with Crippen LogP contribution in [-0.4, -0.2) is 21.9 Å². The summed E-state index contributed by atoms with van der Waals surface area (Å²) in [4.78, 5) is 12.7. The molecule has 34 heavy (non-hydrogen) atoms. The SMILES string of the molecule is C[C@H](Oc1ccccc1F)c1nnc(SCC(=O)N[C@H](Cc2ccccc2)c2ccccc2)o1. The normalized spacial score (nSPS) is 12.6. The number of rotatable bonds is 10. The number of aromatic nitrogens is 2. The highest BCUT2D eigenvalue weighted by Crippen LogP contribution is 2.26. The fourth-order valence-electron chi connectivity index (χ4n) is 3.37. The first-order valence-corrected chi connectivity index (χ1v) is 11.8. The monoisotopic (exact) mass is 477 g/mol. The number of hydrogen-bond acceptors (Lipinski definition) is 6. The van der Waals surface area contributed by atoms with Gasteiger partial charge in [0.1, 0.15) is 0 Å². The largest absolute Gasteiger partial charge is 0.478 e. The zero-order valence-electron chi connectivity index (χ0n) is 18.6. The summed E-state index contributed by atoms with van der Waals surface area (Å²) in [6, 6.07) is 25.8. The van der Waals surface area contributed by atoms with Crippen LogP contribution in [0.25, 0.3) is 0 Å². The molecule has 1 N–H and O–H groups in total. The Bertz CT molecular complexity index is 1200.